The number of aromatic amines is 1. The summed E-state index contributed by atoms with van der Waals surface area (Å²) in [5.74, 6) is -0.534. The Labute approximate surface area is 270 Å². The molecule has 0 bridgehead atoms. The van der Waals surface area contributed by atoms with E-state index in [1.807, 2.05) is 18.2 Å². The van der Waals surface area contributed by atoms with Crippen LogP contribution in [0.3, 0.4) is 0 Å². The SMILES string of the molecule is CC1(C)C(NC(=O)/C(=N\OC(COc2ccc3nc(NC4CNC4)ccc3c2)c2nn[nH]n2)c2csc(N)n2)C(=O)N1OS(=O)(=O)O. The number of hydroxylamine groups is 2. The van der Waals surface area contributed by atoms with E-state index in [9.17, 15) is 18.0 Å². The monoisotopic (exact) mass is 688 g/mol. The summed E-state index contributed by atoms with van der Waals surface area (Å²) < 4.78 is 41.6. The number of hydrogen-bond acceptors (Lipinski definition) is 17. The van der Waals surface area contributed by atoms with Crippen LogP contribution in [0.25, 0.3) is 10.9 Å². The van der Waals surface area contributed by atoms with Gasteiger partial charge in [-0.25, -0.2) is 9.97 Å². The predicted octanol–water partition coefficient (Wildman–Crippen LogP) is -0.449. The minimum Gasteiger partial charge on any atom is -0.489 e. The number of ether oxygens (including phenoxy) is 1. The first-order valence-electron chi connectivity index (χ1n) is 13.9. The highest BCUT2D eigenvalue weighted by molar-refractivity contribution is 7.80. The lowest BCUT2D eigenvalue weighted by Gasteiger charge is -2.50. The van der Waals surface area contributed by atoms with Crippen molar-refractivity contribution in [1.29, 1.82) is 0 Å². The van der Waals surface area contributed by atoms with Crippen molar-refractivity contribution in [2.45, 2.75) is 37.6 Å². The van der Waals surface area contributed by atoms with Crippen LogP contribution in [-0.2, 0) is 29.1 Å². The number of hydrogen-bond donors (Lipinski definition) is 6. The number of carbonyl (C=O) groups is 2. The largest absolute Gasteiger partial charge is 0.489 e. The second-order valence-corrected chi connectivity index (χ2v) is 12.8. The molecule has 4 aromatic rings. The van der Waals surface area contributed by atoms with Gasteiger partial charge in [0.15, 0.2) is 10.8 Å². The smallest absolute Gasteiger partial charge is 0.418 e. The Morgan fingerprint density at radius 2 is 2.09 bits per heavy atom. The third-order valence-corrected chi connectivity index (χ3v) is 8.23. The molecule has 22 heteroatoms. The van der Waals surface area contributed by atoms with Gasteiger partial charge in [0.1, 0.15) is 29.9 Å². The molecule has 1 aromatic carbocycles. The van der Waals surface area contributed by atoms with Crippen LogP contribution in [0, 0.1) is 0 Å². The minimum absolute atomic E-state index is 0.0258. The molecule has 2 amide bonds. The Balaban J connectivity index is 1.18. The maximum absolute atomic E-state index is 13.4. The van der Waals surface area contributed by atoms with Gasteiger partial charge in [0, 0.05) is 23.9 Å². The fourth-order valence-electron chi connectivity index (χ4n) is 4.64. The molecule has 2 aliphatic heterocycles. The van der Waals surface area contributed by atoms with Crippen molar-refractivity contribution in [2.75, 3.05) is 30.7 Å². The van der Waals surface area contributed by atoms with Crippen LogP contribution in [-0.4, -0.2) is 103 Å². The van der Waals surface area contributed by atoms with Crippen LogP contribution in [0.2, 0.25) is 0 Å². The lowest BCUT2D eigenvalue weighted by molar-refractivity contribution is -0.218. The van der Waals surface area contributed by atoms with E-state index >= 15 is 0 Å². The topological polar surface area (TPSA) is 274 Å². The molecule has 5 heterocycles. The molecule has 0 saturated carbocycles. The zero-order chi connectivity index (χ0) is 33.3. The number of aromatic nitrogens is 6. The van der Waals surface area contributed by atoms with Gasteiger partial charge >= 0.3 is 10.4 Å². The predicted molar refractivity (Wildman–Crippen MR) is 164 cm³/mol. The maximum atomic E-state index is 13.4. The van der Waals surface area contributed by atoms with Crippen molar-refractivity contribution in [3.05, 3.63) is 47.2 Å². The number of pyridine rings is 1. The van der Waals surface area contributed by atoms with Gasteiger partial charge in [0.25, 0.3) is 11.8 Å². The number of nitrogen functional groups attached to an aromatic ring is 1. The molecular weight excluding hydrogens is 660 g/mol. The first-order chi connectivity index (χ1) is 22.4. The third kappa shape index (κ3) is 7.05. The number of H-pyrrole nitrogens is 1. The van der Waals surface area contributed by atoms with Gasteiger partial charge in [-0.2, -0.15) is 18.7 Å². The van der Waals surface area contributed by atoms with E-state index in [4.69, 9.17) is 19.9 Å². The fourth-order valence-corrected chi connectivity index (χ4v) is 5.64. The number of rotatable bonds is 13. The molecule has 2 aliphatic rings. The van der Waals surface area contributed by atoms with Crippen molar-refractivity contribution in [2.24, 2.45) is 5.16 Å². The molecule has 2 fully saturated rings. The van der Waals surface area contributed by atoms with Crippen LogP contribution >= 0.6 is 11.3 Å². The number of tetrazole rings is 1. The lowest BCUT2D eigenvalue weighted by atomic mass is 9.84. The van der Waals surface area contributed by atoms with Gasteiger partial charge in [0.05, 0.1) is 17.1 Å². The summed E-state index contributed by atoms with van der Waals surface area (Å²) in [7, 11) is -4.99. The maximum Gasteiger partial charge on any atom is 0.418 e. The minimum atomic E-state index is -4.99. The zero-order valence-corrected chi connectivity index (χ0v) is 26.3. The summed E-state index contributed by atoms with van der Waals surface area (Å²) in [4.78, 5) is 40.5. The number of nitrogens with two attached hydrogens (primary N) is 1. The fraction of sp³-hybridized carbons (Fsp3) is 0.360. The Bertz CT molecular complexity index is 1930. The Hall–Kier alpha value is -5.03. The molecule has 2 unspecified atom stereocenters. The molecular formula is C25H28N12O8S2. The molecule has 47 heavy (non-hydrogen) atoms. The van der Waals surface area contributed by atoms with Crippen LogP contribution < -0.4 is 26.4 Å². The lowest BCUT2D eigenvalue weighted by Crippen LogP contribution is -2.76. The van der Waals surface area contributed by atoms with Gasteiger partial charge in [-0.3, -0.25) is 14.1 Å². The van der Waals surface area contributed by atoms with Gasteiger partial charge in [0.2, 0.25) is 11.9 Å². The Kier molecular flexibility index (Phi) is 8.59. The van der Waals surface area contributed by atoms with Crippen molar-refractivity contribution < 1.29 is 36.4 Å². The highest BCUT2D eigenvalue weighted by Gasteiger charge is 2.58. The quantitative estimate of drug-likeness (QED) is 0.0449. The summed E-state index contributed by atoms with van der Waals surface area (Å²) in [6.45, 7) is 4.43. The van der Waals surface area contributed by atoms with Crippen molar-refractivity contribution in [3.63, 3.8) is 0 Å². The molecule has 0 radical (unpaired) electrons. The molecule has 7 N–H and O–H groups in total. The van der Waals surface area contributed by atoms with Crippen LogP contribution in [0.4, 0.5) is 10.9 Å². The number of anilines is 2. The summed E-state index contributed by atoms with van der Waals surface area (Å²) in [5.41, 5.74) is 4.82. The third-order valence-electron chi connectivity index (χ3n) is 7.22. The van der Waals surface area contributed by atoms with E-state index in [1.54, 1.807) is 12.1 Å². The number of fused-ring (bicyclic) bond motifs is 1. The standard InChI is InChI=1S/C25H28N12O8S2/c1-25(2)20(23(39)37(25)45-47(40,41)42)31-22(38)19(16-11-46-24(26)30-16)34-44-17(21-32-35-36-33-21)10-43-14-4-5-15-12(7-14)3-6-18(29-15)28-13-8-27-9-13/h3-7,11,13,17,20,27H,8-10H2,1-2H3,(H2,26,30)(H,28,29)(H,31,38)(H,40,41,42)(H,32,33,35,36)/b34-19-. The van der Waals surface area contributed by atoms with Crippen molar-refractivity contribution >= 4 is 61.1 Å². The number of carbonyl (C=O) groups excluding carboxylic acids is 2. The summed E-state index contributed by atoms with van der Waals surface area (Å²) in [6.07, 6.45) is -1.08. The van der Waals surface area contributed by atoms with Gasteiger partial charge < -0.3 is 31.3 Å². The highest BCUT2D eigenvalue weighted by Crippen LogP contribution is 2.33. The Morgan fingerprint density at radius 1 is 1.28 bits per heavy atom. The summed E-state index contributed by atoms with van der Waals surface area (Å²) in [6, 6.07) is 8.25. The zero-order valence-electron chi connectivity index (χ0n) is 24.6. The van der Waals surface area contributed by atoms with E-state index in [0.29, 0.717) is 16.9 Å². The second kappa shape index (κ2) is 12.6. The molecule has 6 rings (SSSR count). The van der Waals surface area contributed by atoms with Crippen LogP contribution in [0.1, 0.15) is 31.5 Å². The summed E-state index contributed by atoms with van der Waals surface area (Å²) >= 11 is 1.03. The van der Waals surface area contributed by atoms with E-state index in [-0.39, 0.29) is 29.0 Å². The summed E-state index contributed by atoms with van der Waals surface area (Å²) in [5, 5.41) is 29.7. The number of benzene rings is 1. The van der Waals surface area contributed by atoms with Crippen molar-refractivity contribution in [3.8, 4) is 5.75 Å². The van der Waals surface area contributed by atoms with E-state index in [2.05, 4.69) is 56.0 Å². The average molecular weight is 689 g/mol. The number of nitrogens with one attached hydrogen (secondary N) is 4. The number of thiazole rings is 1. The highest BCUT2D eigenvalue weighted by atomic mass is 32.3. The number of amides is 2. The molecule has 0 spiro atoms. The average Bonchev–Trinajstić information content (AvgIpc) is 3.70. The first-order valence-corrected chi connectivity index (χ1v) is 16.1. The molecule has 2 atom stereocenters. The van der Waals surface area contributed by atoms with Gasteiger partial charge in [-0.1, -0.05) is 10.4 Å². The second-order valence-electron chi connectivity index (χ2n) is 10.9. The van der Waals surface area contributed by atoms with Gasteiger partial charge in [-0.05, 0) is 44.2 Å². The van der Waals surface area contributed by atoms with E-state index < -0.39 is 39.9 Å². The van der Waals surface area contributed by atoms with Crippen LogP contribution in [0.5, 0.6) is 5.75 Å². The Morgan fingerprint density at radius 3 is 2.72 bits per heavy atom. The van der Waals surface area contributed by atoms with Crippen LogP contribution in [0.15, 0.2) is 40.9 Å². The number of oxime groups is 1. The number of nitrogens with zero attached hydrogens (tertiary/aromatic N) is 7. The molecule has 2 saturated heterocycles. The van der Waals surface area contributed by atoms with E-state index in [0.717, 1.165) is 41.1 Å². The molecule has 3 aromatic heterocycles. The molecule has 248 valence electrons. The van der Waals surface area contributed by atoms with Gasteiger partial charge in [-0.15, -0.1) is 25.8 Å². The molecule has 0 aliphatic carbocycles. The first kappa shape index (κ1) is 31.9. The number of β-lactam (4-membered cyclic amide) rings is 1. The van der Waals surface area contributed by atoms with Crippen molar-refractivity contribution in [1.82, 2.24) is 46.3 Å². The molecule has 20 nitrogen and oxygen atoms in total. The normalized spacial score (nSPS) is 18.7. The van der Waals surface area contributed by atoms with E-state index in [1.165, 1.54) is 19.2 Å².